The molecule has 0 saturated carbocycles. The zero-order chi connectivity index (χ0) is 10.7. The molecule has 0 aromatic carbocycles. The third-order valence-electron chi connectivity index (χ3n) is 2.55. The van der Waals surface area contributed by atoms with Crippen molar-refractivity contribution in [1.29, 1.82) is 0 Å². The molecular weight excluding hydrogens is 182 g/mol. The summed E-state index contributed by atoms with van der Waals surface area (Å²) in [6.07, 6.45) is 1.52. The number of primary amides is 1. The van der Waals surface area contributed by atoms with Crippen LogP contribution in [0.2, 0.25) is 0 Å². The van der Waals surface area contributed by atoms with E-state index >= 15 is 0 Å². The highest BCUT2D eigenvalue weighted by molar-refractivity contribution is 5.82. The van der Waals surface area contributed by atoms with Crippen molar-refractivity contribution in [1.82, 2.24) is 4.90 Å². The maximum absolute atomic E-state index is 11.5. The molecule has 1 fully saturated rings. The Morgan fingerprint density at radius 3 is 2.86 bits per heavy atom. The fourth-order valence-electron chi connectivity index (χ4n) is 1.55. The first-order valence-electron chi connectivity index (χ1n) is 4.83. The molecule has 0 bridgehead atoms. The van der Waals surface area contributed by atoms with E-state index in [1.807, 2.05) is 6.92 Å². The second-order valence-electron chi connectivity index (χ2n) is 3.95. The average Bonchev–Trinajstić information content (AvgIpc) is 2.09. The van der Waals surface area contributed by atoms with E-state index in [9.17, 15) is 9.59 Å². The molecule has 2 unspecified atom stereocenters. The van der Waals surface area contributed by atoms with Gasteiger partial charge in [0.25, 0.3) is 0 Å². The molecule has 0 spiro atoms. The molecule has 1 rings (SSSR count). The lowest BCUT2D eigenvalue weighted by atomic mass is 9.98. The number of rotatable bonds is 3. The van der Waals surface area contributed by atoms with Crippen molar-refractivity contribution >= 4 is 11.8 Å². The summed E-state index contributed by atoms with van der Waals surface area (Å²) in [6, 6.07) is -0.743. The fourth-order valence-corrected chi connectivity index (χ4v) is 1.55. The minimum absolute atomic E-state index is 0.0699. The highest BCUT2D eigenvalue weighted by Crippen LogP contribution is 2.17. The van der Waals surface area contributed by atoms with Gasteiger partial charge in [-0.2, -0.15) is 0 Å². The van der Waals surface area contributed by atoms with Crippen LogP contribution in [0.5, 0.6) is 0 Å². The molecule has 0 radical (unpaired) electrons. The van der Waals surface area contributed by atoms with Crippen molar-refractivity contribution in [2.24, 2.45) is 17.4 Å². The molecule has 0 aromatic heterocycles. The number of likely N-dealkylation sites (tertiary alicyclic amines) is 1. The predicted molar refractivity (Wildman–Crippen MR) is 52.1 cm³/mol. The first kappa shape index (κ1) is 11.0. The average molecular weight is 199 g/mol. The Hall–Kier alpha value is -1.10. The molecule has 1 saturated heterocycles. The van der Waals surface area contributed by atoms with Crippen LogP contribution in [0.15, 0.2) is 0 Å². The smallest absolute Gasteiger partial charge is 0.236 e. The second-order valence-corrected chi connectivity index (χ2v) is 3.95. The number of piperidine rings is 1. The van der Waals surface area contributed by atoms with Gasteiger partial charge in [-0.05, 0) is 12.3 Å². The zero-order valence-corrected chi connectivity index (χ0v) is 8.40. The van der Waals surface area contributed by atoms with Crippen molar-refractivity contribution < 1.29 is 9.59 Å². The van der Waals surface area contributed by atoms with Crippen molar-refractivity contribution in [3.63, 3.8) is 0 Å². The van der Waals surface area contributed by atoms with Gasteiger partial charge in [0.05, 0.1) is 0 Å². The van der Waals surface area contributed by atoms with E-state index in [0.717, 1.165) is 6.42 Å². The molecule has 0 aliphatic carbocycles. The Labute approximate surface area is 83.4 Å². The molecule has 1 aliphatic heterocycles. The van der Waals surface area contributed by atoms with Crippen LogP contribution in [0.4, 0.5) is 0 Å². The summed E-state index contributed by atoms with van der Waals surface area (Å²) >= 11 is 0. The van der Waals surface area contributed by atoms with Crippen LogP contribution >= 0.6 is 0 Å². The van der Waals surface area contributed by atoms with Crippen molar-refractivity contribution in [3.8, 4) is 0 Å². The van der Waals surface area contributed by atoms with Gasteiger partial charge in [0.1, 0.15) is 6.04 Å². The van der Waals surface area contributed by atoms with E-state index in [-0.39, 0.29) is 12.5 Å². The number of amides is 2. The van der Waals surface area contributed by atoms with E-state index in [2.05, 4.69) is 0 Å². The third kappa shape index (κ3) is 2.70. The largest absolute Gasteiger partial charge is 0.368 e. The van der Waals surface area contributed by atoms with Crippen molar-refractivity contribution in [3.05, 3.63) is 0 Å². The van der Waals surface area contributed by atoms with Gasteiger partial charge in [-0.15, -0.1) is 0 Å². The molecule has 1 aliphatic rings. The van der Waals surface area contributed by atoms with Crippen LogP contribution in [0, 0.1) is 5.92 Å². The van der Waals surface area contributed by atoms with Gasteiger partial charge >= 0.3 is 0 Å². The molecule has 0 aromatic rings. The van der Waals surface area contributed by atoms with E-state index in [4.69, 9.17) is 11.5 Å². The number of nitrogens with zero attached hydrogens (tertiary/aromatic N) is 1. The number of carbonyl (C=O) groups is 2. The van der Waals surface area contributed by atoms with Crippen LogP contribution in [0.3, 0.4) is 0 Å². The zero-order valence-electron chi connectivity index (χ0n) is 8.40. The number of carbonyl (C=O) groups excluding carboxylic acids is 2. The molecule has 2 atom stereocenters. The molecule has 4 N–H and O–H groups in total. The van der Waals surface area contributed by atoms with E-state index in [1.54, 1.807) is 4.90 Å². The second kappa shape index (κ2) is 4.41. The van der Waals surface area contributed by atoms with Gasteiger partial charge in [-0.25, -0.2) is 0 Å². The van der Waals surface area contributed by atoms with E-state index < -0.39 is 11.9 Å². The molecule has 1 heterocycles. The summed E-state index contributed by atoms with van der Waals surface area (Å²) < 4.78 is 0. The number of hydrogen-bond acceptors (Lipinski definition) is 3. The molecule has 80 valence electrons. The summed E-state index contributed by atoms with van der Waals surface area (Å²) in [5, 5.41) is 0. The Morgan fingerprint density at radius 2 is 2.36 bits per heavy atom. The third-order valence-corrected chi connectivity index (χ3v) is 2.55. The van der Waals surface area contributed by atoms with Gasteiger partial charge in [-0.1, -0.05) is 6.92 Å². The van der Waals surface area contributed by atoms with Gasteiger partial charge in [0.2, 0.25) is 11.8 Å². The Kier molecular flexibility index (Phi) is 3.46. The lowest BCUT2D eigenvalue weighted by Crippen LogP contribution is -2.49. The topological polar surface area (TPSA) is 89.4 Å². The summed E-state index contributed by atoms with van der Waals surface area (Å²) in [5.74, 6) is -0.0552. The van der Waals surface area contributed by atoms with Gasteiger partial charge < -0.3 is 16.4 Å². The highest BCUT2D eigenvalue weighted by Gasteiger charge is 2.25. The van der Waals surface area contributed by atoms with Gasteiger partial charge in [0.15, 0.2) is 0 Å². The van der Waals surface area contributed by atoms with Crippen LogP contribution < -0.4 is 11.5 Å². The quantitative estimate of drug-likeness (QED) is 0.614. The number of nitrogens with two attached hydrogens (primary N) is 2. The Morgan fingerprint density at radius 1 is 1.71 bits per heavy atom. The predicted octanol–water partition coefficient (Wildman–Crippen LogP) is -0.942. The van der Waals surface area contributed by atoms with E-state index in [1.165, 1.54) is 0 Å². The lowest BCUT2D eigenvalue weighted by Gasteiger charge is -2.31. The summed E-state index contributed by atoms with van der Waals surface area (Å²) in [6.45, 7) is 2.98. The maximum atomic E-state index is 11.5. The monoisotopic (exact) mass is 199 g/mol. The standard InChI is InChI=1S/C9H17N3O2/c1-6-2-3-12(8(13)4-6)5-7(10)9(11)14/h6-7H,2-5,10H2,1H3,(H2,11,14). The van der Waals surface area contributed by atoms with E-state index in [0.29, 0.717) is 18.9 Å². The van der Waals surface area contributed by atoms with Crippen molar-refractivity contribution in [2.45, 2.75) is 25.8 Å². The normalized spacial score (nSPS) is 24.9. The molecular formula is C9H17N3O2. The maximum Gasteiger partial charge on any atom is 0.236 e. The molecule has 5 heteroatoms. The summed E-state index contributed by atoms with van der Waals surface area (Å²) in [5.41, 5.74) is 10.5. The molecule has 5 nitrogen and oxygen atoms in total. The minimum atomic E-state index is -0.743. The van der Waals surface area contributed by atoms with Crippen LogP contribution in [-0.2, 0) is 9.59 Å². The molecule has 2 amide bonds. The molecule has 14 heavy (non-hydrogen) atoms. The number of hydrogen-bond donors (Lipinski definition) is 2. The van der Waals surface area contributed by atoms with Gasteiger partial charge in [0, 0.05) is 19.5 Å². The lowest BCUT2D eigenvalue weighted by molar-refractivity contribution is -0.135. The first-order chi connectivity index (χ1) is 6.50. The fraction of sp³-hybridized carbons (Fsp3) is 0.778. The first-order valence-corrected chi connectivity index (χ1v) is 4.83. The van der Waals surface area contributed by atoms with Crippen LogP contribution in [0.25, 0.3) is 0 Å². The summed E-state index contributed by atoms with van der Waals surface area (Å²) in [7, 11) is 0. The van der Waals surface area contributed by atoms with Gasteiger partial charge in [-0.3, -0.25) is 9.59 Å². The Balaban J connectivity index is 2.45. The minimum Gasteiger partial charge on any atom is -0.368 e. The highest BCUT2D eigenvalue weighted by atomic mass is 16.2. The van der Waals surface area contributed by atoms with Crippen molar-refractivity contribution in [2.75, 3.05) is 13.1 Å². The van der Waals surface area contributed by atoms with Crippen LogP contribution in [0.1, 0.15) is 19.8 Å². The SMILES string of the molecule is CC1CCN(CC(N)C(N)=O)C(=O)C1. The Bertz CT molecular complexity index is 242. The summed E-state index contributed by atoms with van der Waals surface area (Å²) in [4.78, 5) is 23.8. The van der Waals surface area contributed by atoms with Crippen LogP contribution in [-0.4, -0.2) is 35.8 Å².